The maximum absolute atomic E-state index is 10.4. The third-order valence-electron chi connectivity index (χ3n) is 1.24. The van der Waals surface area contributed by atoms with Gasteiger partial charge < -0.3 is 21.4 Å². The van der Waals surface area contributed by atoms with Crippen molar-refractivity contribution in [3.8, 4) is 0 Å². The van der Waals surface area contributed by atoms with Gasteiger partial charge in [0.25, 0.3) is 0 Å². The van der Waals surface area contributed by atoms with Gasteiger partial charge in [0, 0.05) is 6.92 Å². The molecule has 1 unspecified atom stereocenters. The highest BCUT2D eigenvalue weighted by Gasteiger charge is 2.08. The number of amides is 1. The van der Waals surface area contributed by atoms with Crippen LogP contribution < -0.4 is 16.6 Å². The van der Waals surface area contributed by atoms with Crippen molar-refractivity contribution < 1.29 is 14.7 Å². The Kier molecular flexibility index (Phi) is 7.42. The molecule has 1 amide bonds. The molecule has 0 aromatic rings. The van der Waals surface area contributed by atoms with Crippen LogP contribution in [0.5, 0.6) is 0 Å². The van der Waals surface area contributed by atoms with Crippen LogP contribution in [0.1, 0.15) is 26.7 Å². The van der Waals surface area contributed by atoms with Crippen molar-refractivity contribution in [1.82, 2.24) is 11.5 Å². The summed E-state index contributed by atoms with van der Waals surface area (Å²) in [5, 5.41) is 12.6. The SMILES string of the molecule is CCCC(NC(C)=O)C(=O)[O-].[NH4+]. The number of carboxylic acids is 1. The zero-order valence-corrected chi connectivity index (χ0v) is 7.72. The molecule has 0 fully saturated rings. The first-order chi connectivity index (χ1) is 5.07. The van der Waals surface area contributed by atoms with Gasteiger partial charge in [0.15, 0.2) is 0 Å². The summed E-state index contributed by atoms with van der Waals surface area (Å²) in [4.78, 5) is 20.7. The van der Waals surface area contributed by atoms with Gasteiger partial charge in [0.05, 0.1) is 12.0 Å². The van der Waals surface area contributed by atoms with Gasteiger partial charge in [-0.3, -0.25) is 4.79 Å². The topological polar surface area (TPSA) is 106 Å². The first-order valence-electron chi connectivity index (χ1n) is 3.56. The van der Waals surface area contributed by atoms with E-state index in [-0.39, 0.29) is 12.1 Å². The molecule has 0 radical (unpaired) electrons. The van der Waals surface area contributed by atoms with Crippen molar-refractivity contribution in [2.45, 2.75) is 32.7 Å². The van der Waals surface area contributed by atoms with Crippen LogP contribution in [0.3, 0.4) is 0 Å². The largest absolute Gasteiger partial charge is 0.548 e. The molecular weight excluding hydrogens is 160 g/mol. The quantitative estimate of drug-likeness (QED) is 0.598. The molecule has 0 bridgehead atoms. The van der Waals surface area contributed by atoms with Gasteiger partial charge in [0.1, 0.15) is 0 Å². The molecule has 5 heteroatoms. The average molecular weight is 176 g/mol. The number of carboxylic acid groups (broad SMARTS) is 1. The second-order valence-electron chi connectivity index (χ2n) is 2.36. The smallest absolute Gasteiger partial charge is 0.217 e. The van der Waals surface area contributed by atoms with Crippen molar-refractivity contribution >= 4 is 11.9 Å². The lowest BCUT2D eigenvalue weighted by molar-refractivity contribution is -0.308. The van der Waals surface area contributed by atoms with Crippen LogP contribution in [0.2, 0.25) is 0 Å². The van der Waals surface area contributed by atoms with Gasteiger partial charge in [-0.25, -0.2) is 0 Å². The molecule has 0 rings (SSSR count). The molecule has 12 heavy (non-hydrogen) atoms. The number of quaternary nitrogens is 1. The van der Waals surface area contributed by atoms with E-state index < -0.39 is 12.0 Å². The first kappa shape index (κ1) is 13.5. The first-order valence-corrected chi connectivity index (χ1v) is 3.56. The van der Waals surface area contributed by atoms with E-state index in [2.05, 4.69) is 5.32 Å². The molecule has 0 aromatic heterocycles. The highest BCUT2D eigenvalue weighted by Crippen LogP contribution is 1.94. The Morgan fingerprint density at radius 1 is 1.50 bits per heavy atom. The summed E-state index contributed by atoms with van der Waals surface area (Å²) in [6.07, 6.45) is 1.13. The Hall–Kier alpha value is -1.10. The lowest BCUT2D eigenvalue weighted by Crippen LogP contribution is -2.47. The number of hydrogen-bond donors (Lipinski definition) is 2. The van der Waals surface area contributed by atoms with E-state index in [0.29, 0.717) is 12.8 Å². The summed E-state index contributed by atoms with van der Waals surface area (Å²) >= 11 is 0. The van der Waals surface area contributed by atoms with Gasteiger partial charge in [0.2, 0.25) is 5.91 Å². The Morgan fingerprint density at radius 2 is 2.00 bits per heavy atom. The fraction of sp³-hybridized carbons (Fsp3) is 0.714. The molecule has 0 heterocycles. The summed E-state index contributed by atoms with van der Waals surface area (Å²) in [6, 6.07) is -0.836. The highest BCUT2D eigenvalue weighted by molar-refractivity contribution is 5.80. The van der Waals surface area contributed by atoms with E-state index in [1.807, 2.05) is 6.92 Å². The second kappa shape index (κ2) is 6.60. The number of rotatable bonds is 4. The summed E-state index contributed by atoms with van der Waals surface area (Å²) in [5.41, 5.74) is 0. The Labute approximate surface area is 71.7 Å². The van der Waals surface area contributed by atoms with Crippen LogP contribution in [0, 0.1) is 0 Å². The fourth-order valence-corrected chi connectivity index (χ4v) is 0.783. The second-order valence-corrected chi connectivity index (χ2v) is 2.36. The van der Waals surface area contributed by atoms with Crippen LogP contribution in [0.15, 0.2) is 0 Å². The zero-order valence-electron chi connectivity index (χ0n) is 7.72. The molecule has 1 atom stereocenters. The summed E-state index contributed by atoms with van der Waals surface area (Å²) < 4.78 is 0. The Balaban J connectivity index is 0. The van der Waals surface area contributed by atoms with E-state index in [4.69, 9.17) is 0 Å². The number of nitrogens with one attached hydrogen (secondary N) is 1. The van der Waals surface area contributed by atoms with E-state index in [0.717, 1.165) is 0 Å². The van der Waals surface area contributed by atoms with E-state index in [9.17, 15) is 14.7 Å². The van der Waals surface area contributed by atoms with Crippen LogP contribution in [-0.2, 0) is 9.59 Å². The van der Waals surface area contributed by atoms with Gasteiger partial charge in [-0.15, -0.1) is 0 Å². The number of aliphatic carboxylic acids is 1. The predicted molar refractivity (Wildman–Crippen MR) is 43.5 cm³/mol. The minimum atomic E-state index is -1.22. The molecular formula is C7H16N2O3. The number of carbonyl (C=O) groups excluding carboxylic acids is 2. The van der Waals surface area contributed by atoms with Crippen LogP contribution in [-0.4, -0.2) is 17.9 Å². The van der Waals surface area contributed by atoms with Crippen molar-refractivity contribution in [1.29, 1.82) is 0 Å². The summed E-state index contributed by atoms with van der Waals surface area (Å²) in [7, 11) is 0. The van der Waals surface area contributed by atoms with Gasteiger partial charge in [-0.1, -0.05) is 13.3 Å². The van der Waals surface area contributed by atoms with Gasteiger partial charge in [-0.2, -0.15) is 0 Å². The Bertz CT molecular complexity index is 159. The minimum absolute atomic E-state index is 0. The molecule has 0 aliphatic carbocycles. The van der Waals surface area contributed by atoms with Gasteiger partial charge >= 0.3 is 0 Å². The summed E-state index contributed by atoms with van der Waals surface area (Å²) in [6.45, 7) is 3.13. The van der Waals surface area contributed by atoms with Crippen molar-refractivity contribution in [2.24, 2.45) is 0 Å². The molecule has 0 saturated heterocycles. The molecule has 0 aromatic carbocycles. The molecule has 5 nitrogen and oxygen atoms in total. The molecule has 0 aliphatic heterocycles. The number of carbonyl (C=O) groups is 2. The van der Waals surface area contributed by atoms with Crippen LogP contribution >= 0.6 is 0 Å². The number of hydrogen-bond acceptors (Lipinski definition) is 3. The minimum Gasteiger partial charge on any atom is -0.548 e. The highest BCUT2D eigenvalue weighted by atomic mass is 16.4. The monoisotopic (exact) mass is 176 g/mol. The average Bonchev–Trinajstić information content (AvgIpc) is 1.86. The maximum Gasteiger partial charge on any atom is 0.217 e. The maximum atomic E-state index is 10.4. The van der Waals surface area contributed by atoms with Crippen LogP contribution in [0.25, 0.3) is 0 Å². The standard InChI is InChI=1S/C7H13NO3.H3N/c1-3-4-6(7(10)11)8-5(2)9;/h6H,3-4H2,1-2H3,(H,8,9)(H,10,11);1H3. The van der Waals surface area contributed by atoms with E-state index in [1.54, 1.807) is 0 Å². The molecule has 5 N–H and O–H groups in total. The van der Waals surface area contributed by atoms with Gasteiger partial charge in [-0.05, 0) is 6.42 Å². The van der Waals surface area contributed by atoms with Crippen molar-refractivity contribution in [3.63, 3.8) is 0 Å². The van der Waals surface area contributed by atoms with Crippen molar-refractivity contribution in [3.05, 3.63) is 0 Å². The third-order valence-corrected chi connectivity index (χ3v) is 1.24. The van der Waals surface area contributed by atoms with Crippen molar-refractivity contribution in [2.75, 3.05) is 0 Å². The lowest BCUT2D eigenvalue weighted by atomic mass is 10.2. The lowest BCUT2D eigenvalue weighted by Gasteiger charge is -2.17. The third kappa shape index (κ3) is 5.67. The molecule has 0 aliphatic rings. The zero-order chi connectivity index (χ0) is 8.85. The van der Waals surface area contributed by atoms with Crippen LogP contribution in [0.4, 0.5) is 0 Å². The van der Waals surface area contributed by atoms with E-state index >= 15 is 0 Å². The Morgan fingerprint density at radius 3 is 2.25 bits per heavy atom. The normalized spacial score (nSPS) is 11.2. The molecule has 0 saturated carbocycles. The predicted octanol–water partition coefficient (Wildman–Crippen LogP) is -0.583. The molecule has 72 valence electrons. The fourth-order valence-electron chi connectivity index (χ4n) is 0.783. The summed E-state index contributed by atoms with van der Waals surface area (Å²) in [5.74, 6) is -1.56. The molecule has 0 spiro atoms. The van der Waals surface area contributed by atoms with E-state index in [1.165, 1.54) is 6.92 Å².